The third-order valence-corrected chi connectivity index (χ3v) is 3.30. The summed E-state index contributed by atoms with van der Waals surface area (Å²) >= 11 is 0. The highest BCUT2D eigenvalue weighted by atomic mass is 16.4. The lowest BCUT2D eigenvalue weighted by Crippen LogP contribution is -2.51. The van der Waals surface area contributed by atoms with Crippen LogP contribution in [0.3, 0.4) is 0 Å². The molecule has 0 aromatic heterocycles. The number of hydrogen-bond donors (Lipinski definition) is 4. The average Bonchev–Trinajstić information content (AvgIpc) is 2.43. The Bertz CT molecular complexity index is 680. The summed E-state index contributed by atoms with van der Waals surface area (Å²) < 4.78 is 0. The summed E-state index contributed by atoms with van der Waals surface area (Å²) in [5.41, 5.74) is 1.19. The highest BCUT2D eigenvalue weighted by molar-refractivity contribution is 6.74. The molecule has 0 fully saturated rings. The van der Waals surface area contributed by atoms with Crippen molar-refractivity contribution in [3.05, 3.63) is 48.6 Å². The molecule has 0 aliphatic heterocycles. The lowest BCUT2D eigenvalue weighted by molar-refractivity contribution is 0.419. The first kappa shape index (κ1) is 14.6. The minimum Gasteiger partial charge on any atom is -0.423 e. The van der Waals surface area contributed by atoms with Crippen LogP contribution >= 0.6 is 0 Å². The van der Waals surface area contributed by atoms with Gasteiger partial charge in [0.2, 0.25) is 0 Å². The van der Waals surface area contributed by atoms with Crippen molar-refractivity contribution in [3.63, 3.8) is 0 Å². The van der Waals surface area contributed by atoms with Gasteiger partial charge in [0.25, 0.3) is 0 Å². The lowest BCUT2D eigenvalue weighted by atomic mass is 9.61. The fourth-order valence-corrected chi connectivity index (χ4v) is 2.53. The topological polar surface area (TPSA) is 80.9 Å². The molecule has 0 spiro atoms. The minimum atomic E-state index is -1.84. The molecule has 0 amide bonds. The smallest absolute Gasteiger partial charge is 0.423 e. The van der Waals surface area contributed by atoms with Crippen molar-refractivity contribution in [2.45, 2.75) is 0 Å². The molecule has 0 saturated carbocycles. The molecule has 4 N–H and O–H groups in total. The minimum absolute atomic E-state index is 0.0311. The van der Waals surface area contributed by atoms with Gasteiger partial charge in [0.05, 0.1) is 0 Å². The zero-order valence-electron chi connectivity index (χ0n) is 10.8. The van der Waals surface area contributed by atoms with Crippen LogP contribution in [0.2, 0.25) is 0 Å². The van der Waals surface area contributed by atoms with Crippen molar-refractivity contribution >= 4 is 48.1 Å². The second-order valence-electron chi connectivity index (χ2n) is 4.36. The van der Waals surface area contributed by atoms with E-state index in [-0.39, 0.29) is 10.9 Å². The van der Waals surface area contributed by atoms with E-state index < -0.39 is 14.2 Å². The standard InChI is InChI=1S/C14H14B2O4/c1-3-9-10(4-2)13(15(17)18)14(16(19)20)12-8-6-5-7-11(9)12/h3-8,17-20H,1-2H2. The summed E-state index contributed by atoms with van der Waals surface area (Å²) in [4.78, 5) is 0. The Hall–Kier alpha value is -1.85. The van der Waals surface area contributed by atoms with E-state index in [9.17, 15) is 20.1 Å². The molecule has 0 heterocycles. The number of fused-ring (bicyclic) bond motifs is 1. The molecule has 0 aliphatic carbocycles. The Morgan fingerprint density at radius 3 is 1.70 bits per heavy atom. The second kappa shape index (κ2) is 5.64. The number of hydrogen-bond acceptors (Lipinski definition) is 4. The van der Waals surface area contributed by atoms with Gasteiger partial charge >= 0.3 is 14.2 Å². The van der Waals surface area contributed by atoms with E-state index in [1.807, 2.05) is 6.07 Å². The third kappa shape index (κ3) is 2.19. The summed E-state index contributed by atoms with van der Waals surface area (Å²) in [7, 11) is -3.67. The molecule has 20 heavy (non-hydrogen) atoms. The van der Waals surface area contributed by atoms with E-state index in [0.29, 0.717) is 16.5 Å². The van der Waals surface area contributed by atoms with Gasteiger partial charge in [-0.05, 0) is 32.8 Å². The fraction of sp³-hybridized carbons (Fsp3) is 0. The number of rotatable bonds is 4. The summed E-state index contributed by atoms with van der Waals surface area (Å²) in [6.07, 6.45) is 3.03. The van der Waals surface area contributed by atoms with Crippen molar-refractivity contribution < 1.29 is 20.1 Å². The fourth-order valence-electron chi connectivity index (χ4n) is 2.53. The summed E-state index contributed by atoms with van der Waals surface area (Å²) in [5, 5.41) is 39.7. The predicted molar refractivity (Wildman–Crippen MR) is 83.8 cm³/mol. The maximum atomic E-state index is 9.61. The molecule has 2 aromatic rings. The van der Waals surface area contributed by atoms with Crippen molar-refractivity contribution in [2.24, 2.45) is 0 Å². The van der Waals surface area contributed by atoms with Crippen LogP contribution in [0.4, 0.5) is 0 Å². The van der Waals surface area contributed by atoms with Gasteiger partial charge in [0.1, 0.15) is 0 Å². The van der Waals surface area contributed by atoms with Crippen molar-refractivity contribution in [3.8, 4) is 0 Å². The Labute approximate surface area is 117 Å². The summed E-state index contributed by atoms with van der Waals surface area (Å²) in [6, 6.07) is 7.04. The molecule has 0 unspecified atom stereocenters. The predicted octanol–water partition coefficient (Wildman–Crippen LogP) is -0.515. The van der Waals surface area contributed by atoms with Gasteiger partial charge in [-0.25, -0.2) is 0 Å². The maximum absolute atomic E-state index is 9.61. The van der Waals surface area contributed by atoms with E-state index in [1.54, 1.807) is 24.3 Å². The van der Waals surface area contributed by atoms with Gasteiger partial charge in [0.15, 0.2) is 0 Å². The molecule has 6 heteroatoms. The van der Waals surface area contributed by atoms with Crippen LogP contribution in [0.25, 0.3) is 22.9 Å². The van der Waals surface area contributed by atoms with Crippen molar-refractivity contribution in [1.82, 2.24) is 0 Å². The van der Waals surface area contributed by atoms with Crippen LogP contribution in [0.15, 0.2) is 37.4 Å². The summed E-state index contributed by atoms with van der Waals surface area (Å²) in [5.74, 6) is 0. The van der Waals surface area contributed by atoms with Crippen molar-refractivity contribution in [2.75, 3.05) is 0 Å². The zero-order chi connectivity index (χ0) is 14.9. The molecule has 2 rings (SSSR count). The SMILES string of the molecule is C=Cc1c(B(O)O)c(B(O)O)c2ccccc2c1C=C. The van der Waals surface area contributed by atoms with Gasteiger partial charge < -0.3 is 20.1 Å². The van der Waals surface area contributed by atoms with Gasteiger partial charge in [-0.2, -0.15) is 0 Å². The summed E-state index contributed by atoms with van der Waals surface area (Å²) in [6.45, 7) is 7.39. The van der Waals surface area contributed by atoms with Gasteiger partial charge in [0, 0.05) is 0 Å². The highest BCUT2D eigenvalue weighted by Crippen LogP contribution is 2.22. The van der Waals surface area contributed by atoms with E-state index in [0.717, 1.165) is 5.39 Å². The van der Waals surface area contributed by atoms with Crippen LogP contribution < -0.4 is 10.9 Å². The van der Waals surface area contributed by atoms with Crippen LogP contribution in [0.5, 0.6) is 0 Å². The molecule has 4 nitrogen and oxygen atoms in total. The van der Waals surface area contributed by atoms with E-state index in [1.165, 1.54) is 6.08 Å². The monoisotopic (exact) mass is 268 g/mol. The first-order valence-corrected chi connectivity index (χ1v) is 6.08. The molecule has 100 valence electrons. The first-order chi connectivity index (χ1) is 9.52. The molecular formula is C14H14B2O4. The van der Waals surface area contributed by atoms with Crippen molar-refractivity contribution in [1.29, 1.82) is 0 Å². The highest BCUT2D eigenvalue weighted by Gasteiger charge is 2.29. The Morgan fingerprint density at radius 2 is 1.25 bits per heavy atom. The molecule has 0 saturated heterocycles. The van der Waals surface area contributed by atoms with E-state index in [2.05, 4.69) is 13.2 Å². The number of benzene rings is 2. The third-order valence-electron chi connectivity index (χ3n) is 3.30. The Morgan fingerprint density at radius 1 is 0.750 bits per heavy atom. The molecule has 0 bridgehead atoms. The normalized spacial score (nSPS) is 10.4. The van der Waals surface area contributed by atoms with Crippen LogP contribution in [0, 0.1) is 0 Å². The second-order valence-corrected chi connectivity index (χ2v) is 4.36. The molecule has 2 aromatic carbocycles. The molecule has 0 aliphatic rings. The molecular weight excluding hydrogens is 254 g/mol. The van der Waals surface area contributed by atoms with E-state index >= 15 is 0 Å². The largest absolute Gasteiger partial charge is 0.488 e. The van der Waals surface area contributed by atoms with Gasteiger partial charge in [-0.3, -0.25) is 0 Å². The molecule has 0 atom stereocenters. The Kier molecular flexibility index (Phi) is 4.11. The Balaban J connectivity index is 3.09. The average molecular weight is 268 g/mol. The lowest BCUT2D eigenvalue weighted by Gasteiger charge is -2.18. The van der Waals surface area contributed by atoms with Crippen LogP contribution in [-0.2, 0) is 0 Å². The zero-order valence-corrected chi connectivity index (χ0v) is 10.8. The molecule has 0 radical (unpaired) electrons. The first-order valence-electron chi connectivity index (χ1n) is 6.08. The van der Waals surface area contributed by atoms with Gasteiger partial charge in [-0.1, -0.05) is 49.6 Å². The van der Waals surface area contributed by atoms with Crippen LogP contribution in [0.1, 0.15) is 11.1 Å². The van der Waals surface area contributed by atoms with E-state index in [4.69, 9.17) is 0 Å². The van der Waals surface area contributed by atoms with Crippen LogP contribution in [-0.4, -0.2) is 34.3 Å². The van der Waals surface area contributed by atoms with Gasteiger partial charge in [-0.15, -0.1) is 0 Å². The maximum Gasteiger partial charge on any atom is 0.488 e. The quantitative estimate of drug-likeness (QED) is 0.563.